The van der Waals surface area contributed by atoms with Crippen LogP contribution in [0.5, 0.6) is 5.75 Å². The second kappa shape index (κ2) is 7.88. The number of hydrogen-bond donors (Lipinski definition) is 2. The van der Waals surface area contributed by atoms with Gasteiger partial charge in [0.2, 0.25) is 0 Å². The summed E-state index contributed by atoms with van der Waals surface area (Å²) in [4.78, 5) is 25.2. The van der Waals surface area contributed by atoms with E-state index in [1.54, 1.807) is 18.2 Å². The fourth-order valence-corrected chi connectivity index (χ4v) is 2.95. The average Bonchev–Trinajstić information content (AvgIpc) is 2.55. The highest BCUT2D eigenvalue weighted by Crippen LogP contribution is 2.25. The molecule has 0 aromatic heterocycles. The lowest BCUT2D eigenvalue weighted by Crippen LogP contribution is -2.47. The van der Waals surface area contributed by atoms with Gasteiger partial charge in [0.05, 0.1) is 17.6 Å². The van der Waals surface area contributed by atoms with Crippen molar-refractivity contribution in [2.24, 2.45) is 11.8 Å². The lowest BCUT2D eigenvalue weighted by molar-refractivity contribution is -0.143. The Balaban J connectivity index is 2.09. The van der Waals surface area contributed by atoms with Crippen molar-refractivity contribution in [3.8, 4) is 11.8 Å². The van der Waals surface area contributed by atoms with E-state index in [0.717, 1.165) is 0 Å². The molecule has 2 atom stereocenters. The van der Waals surface area contributed by atoms with E-state index in [1.807, 2.05) is 20.8 Å². The topological polar surface area (TPSA) is 103 Å². The Labute approximate surface area is 147 Å². The van der Waals surface area contributed by atoms with E-state index in [-0.39, 0.29) is 24.6 Å². The number of carboxylic acids is 1. The molecule has 0 radical (unpaired) electrons. The van der Waals surface area contributed by atoms with Crippen molar-refractivity contribution >= 4 is 17.7 Å². The standard InChI is InChI=1S/C18H23N3O4/c1-11(2)25-16-5-4-15(7-13(16)8-19)20-18(24)21-9-12(3)6-14(10-21)17(22)23/h4-5,7,11-12,14H,6,9-10H2,1-3H3,(H,20,24)(H,22,23). The van der Waals surface area contributed by atoms with Gasteiger partial charge in [-0.1, -0.05) is 6.92 Å². The number of rotatable bonds is 4. The summed E-state index contributed by atoms with van der Waals surface area (Å²) in [6, 6.07) is 6.56. The lowest BCUT2D eigenvalue weighted by atomic mass is 9.91. The summed E-state index contributed by atoms with van der Waals surface area (Å²) < 4.78 is 5.56. The number of piperidine rings is 1. The van der Waals surface area contributed by atoms with Gasteiger partial charge in [-0.25, -0.2) is 4.79 Å². The normalized spacial score (nSPS) is 20.0. The molecule has 1 aromatic rings. The third-order valence-corrected chi connectivity index (χ3v) is 4.01. The summed E-state index contributed by atoms with van der Waals surface area (Å²) >= 11 is 0. The monoisotopic (exact) mass is 345 g/mol. The maximum absolute atomic E-state index is 12.5. The number of anilines is 1. The second-order valence-electron chi connectivity index (χ2n) is 6.70. The largest absolute Gasteiger partial charge is 0.490 e. The Bertz CT molecular complexity index is 696. The highest BCUT2D eigenvalue weighted by molar-refractivity contribution is 5.90. The number of hydrogen-bond acceptors (Lipinski definition) is 4. The zero-order valence-electron chi connectivity index (χ0n) is 14.7. The van der Waals surface area contributed by atoms with Gasteiger partial charge in [0.1, 0.15) is 11.8 Å². The van der Waals surface area contributed by atoms with Gasteiger partial charge in [0.15, 0.2) is 0 Å². The number of carbonyl (C=O) groups excluding carboxylic acids is 1. The van der Waals surface area contributed by atoms with Crippen LogP contribution in [0.2, 0.25) is 0 Å². The first-order valence-electron chi connectivity index (χ1n) is 8.29. The zero-order valence-corrected chi connectivity index (χ0v) is 14.7. The summed E-state index contributed by atoms with van der Waals surface area (Å²) in [5, 5.41) is 21.2. The summed E-state index contributed by atoms with van der Waals surface area (Å²) in [6.45, 7) is 6.36. The van der Waals surface area contributed by atoms with E-state index in [4.69, 9.17) is 4.74 Å². The van der Waals surface area contributed by atoms with Crippen molar-refractivity contribution in [3.05, 3.63) is 23.8 Å². The predicted molar refractivity (Wildman–Crippen MR) is 92.4 cm³/mol. The number of nitrogens with zero attached hydrogens (tertiary/aromatic N) is 2. The van der Waals surface area contributed by atoms with Crippen molar-refractivity contribution < 1.29 is 19.4 Å². The third kappa shape index (κ3) is 4.86. The molecule has 134 valence electrons. The van der Waals surface area contributed by atoms with E-state index in [9.17, 15) is 20.0 Å². The minimum absolute atomic E-state index is 0.0599. The molecule has 1 aliphatic heterocycles. The maximum atomic E-state index is 12.5. The van der Waals surface area contributed by atoms with Crippen LogP contribution in [-0.4, -0.2) is 41.2 Å². The van der Waals surface area contributed by atoms with Crippen molar-refractivity contribution in [2.75, 3.05) is 18.4 Å². The smallest absolute Gasteiger partial charge is 0.321 e. The first kappa shape index (κ1) is 18.6. The Kier molecular flexibility index (Phi) is 5.86. The average molecular weight is 345 g/mol. The number of benzene rings is 1. The van der Waals surface area contributed by atoms with Crippen LogP contribution in [0.4, 0.5) is 10.5 Å². The van der Waals surface area contributed by atoms with E-state index in [1.165, 1.54) is 4.90 Å². The molecule has 0 saturated carbocycles. The van der Waals surface area contributed by atoms with Crippen molar-refractivity contribution in [1.29, 1.82) is 5.26 Å². The number of amides is 2. The first-order valence-corrected chi connectivity index (χ1v) is 8.29. The van der Waals surface area contributed by atoms with Gasteiger partial charge in [0, 0.05) is 18.8 Å². The van der Waals surface area contributed by atoms with Gasteiger partial charge in [-0.15, -0.1) is 0 Å². The molecule has 1 fully saturated rings. The molecule has 0 bridgehead atoms. The SMILES string of the molecule is CC1CC(C(=O)O)CN(C(=O)Nc2ccc(OC(C)C)c(C#N)c2)C1. The summed E-state index contributed by atoms with van der Waals surface area (Å²) in [5.74, 6) is -0.845. The van der Waals surface area contributed by atoms with Gasteiger partial charge in [-0.3, -0.25) is 4.79 Å². The third-order valence-electron chi connectivity index (χ3n) is 4.01. The molecular weight excluding hydrogens is 322 g/mol. The van der Waals surface area contributed by atoms with Gasteiger partial charge in [0.25, 0.3) is 0 Å². The number of nitriles is 1. The van der Waals surface area contributed by atoms with Crippen molar-refractivity contribution in [3.63, 3.8) is 0 Å². The summed E-state index contributed by atoms with van der Waals surface area (Å²) in [6.07, 6.45) is 0.509. The fourth-order valence-electron chi connectivity index (χ4n) is 2.95. The van der Waals surface area contributed by atoms with Crippen LogP contribution in [0, 0.1) is 23.2 Å². The molecular formula is C18H23N3O4. The summed E-state index contributed by atoms with van der Waals surface area (Å²) in [7, 11) is 0. The fraction of sp³-hybridized carbons (Fsp3) is 0.500. The number of aliphatic carboxylic acids is 1. The second-order valence-corrected chi connectivity index (χ2v) is 6.70. The van der Waals surface area contributed by atoms with Gasteiger partial charge in [-0.05, 0) is 44.4 Å². The number of urea groups is 1. The minimum atomic E-state index is -0.883. The molecule has 1 aliphatic rings. The molecule has 1 heterocycles. The lowest BCUT2D eigenvalue weighted by Gasteiger charge is -2.34. The van der Waals surface area contributed by atoms with E-state index >= 15 is 0 Å². The Morgan fingerprint density at radius 1 is 1.40 bits per heavy atom. The van der Waals surface area contributed by atoms with Crippen LogP contribution in [0.1, 0.15) is 32.8 Å². The Hall–Kier alpha value is -2.75. The molecule has 25 heavy (non-hydrogen) atoms. The van der Waals surface area contributed by atoms with Crippen molar-refractivity contribution in [1.82, 2.24) is 4.90 Å². The van der Waals surface area contributed by atoms with Crippen LogP contribution in [0.25, 0.3) is 0 Å². The number of likely N-dealkylation sites (tertiary alicyclic amines) is 1. The summed E-state index contributed by atoms with van der Waals surface area (Å²) in [5.41, 5.74) is 0.810. The van der Waals surface area contributed by atoms with Crippen LogP contribution in [-0.2, 0) is 4.79 Å². The highest BCUT2D eigenvalue weighted by atomic mass is 16.5. The molecule has 2 unspecified atom stereocenters. The predicted octanol–water partition coefficient (Wildman–Crippen LogP) is 2.92. The van der Waals surface area contributed by atoms with E-state index in [0.29, 0.717) is 30.0 Å². The molecule has 2 rings (SSSR count). The van der Waals surface area contributed by atoms with Crippen LogP contribution in [0.15, 0.2) is 18.2 Å². The van der Waals surface area contributed by atoms with Crippen molar-refractivity contribution in [2.45, 2.75) is 33.3 Å². The van der Waals surface area contributed by atoms with Gasteiger partial charge < -0.3 is 20.1 Å². The molecule has 2 amide bonds. The molecule has 7 heteroatoms. The Morgan fingerprint density at radius 2 is 2.12 bits per heavy atom. The van der Waals surface area contributed by atoms with Gasteiger partial charge >= 0.3 is 12.0 Å². The van der Waals surface area contributed by atoms with Crippen LogP contribution < -0.4 is 10.1 Å². The van der Waals surface area contributed by atoms with E-state index < -0.39 is 11.9 Å². The quantitative estimate of drug-likeness (QED) is 0.873. The molecule has 0 aliphatic carbocycles. The Morgan fingerprint density at radius 3 is 2.72 bits per heavy atom. The highest BCUT2D eigenvalue weighted by Gasteiger charge is 2.31. The number of carbonyl (C=O) groups is 2. The maximum Gasteiger partial charge on any atom is 0.321 e. The minimum Gasteiger partial charge on any atom is -0.490 e. The van der Waals surface area contributed by atoms with E-state index in [2.05, 4.69) is 11.4 Å². The van der Waals surface area contributed by atoms with Crippen LogP contribution >= 0.6 is 0 Å². The zero-order chi connectivity index (χ0) is 18.6. The van der Waals surface area contributed by atoms with Gasteiger partial charge in [-0.2, -0.15) is 5.26 Å². The molecule has 0 spiro atoms. The van der Waals surface area contributed by atoms with Crippen LogP contribution in [0.3, 0.4) is 0 Å². The number of nitrogens with one attached hydrogen (secondary N) is 1. The molecule has 1 aromatic carbocycles. The number of ether oxygens (including phenoxy) is 1. The molecule has 7 nitrogen and oxygen atoms in total. The number of carboxylic acid groups (broad SMARTS) is 1. The molecule has 2 N–H and O–H groups in total. The molecule has 1 saturated heterocycles. The first-order chi connectivity index (χ1) is 11.8.